The molecule has 16 heavy (non-hydrogen) atoms. The number of aliphatic carboxylic acids is 1. The molecule has 2 rings (SSSR count). The summed E-state index contributed by atoms with van der Waals surface area (Å²) in [6.07, 6.45) is 5.17. The lowest BCUT2D eigenvalue weighted by Gasteiger charge is -2.09. The second-order valence-corrected chi connectivity index (χ2v) is 4.76. The fraction of sp³-hybridized carbons (Fsp3) is 0.667. The molecule has 0 bridgehead atoms. The van der Waals surface area contributed by atoms with Crippen LogP contribution in [0.25, 0.3) is 0 Å². The predicted molar refractivity (Wildman–Crippen MR) is 60.5 cm³/mol. The fourth-order valence-corrected chi connectivity index (χ4v) is 1.87. The minimum absolute atomic E-state index is 0.166. The highest BCUT2D eigenvalue weighted by Crippen LogP contribution is 2.40. The van der Waals surface area contributed by atoms with Gasteiger partial charge in [0.2, 0.25) is 0 Å². The summed E-state index contributed by atoms with van der Waals surface area (Å²) in [6, 6.07) is 0.404. The lowest BCUT2D eigenvalue weighted by Crippen LogP contribution is -2.03. The van der Waals surface area contributed by atoms with E-state index in [2.05, 4.69) is 23.4 Å². The van der Waals surface area contributed by atoms with Gasteiger partial charge in [0.1, 0.15) is 5.82 Å². The Kier molecular flexibility index (Phi) is 2.99. The Balaban J connectivity index is 2.14. The first-order valence-corrected chi connectivity index (χ1v) is 5.87. The largest absolute Gasteiger partial charge is 0.481 e. The van der Waals surface area contributed by atoms with Crippen molar-refractivity contribution in [2.75, 3.05) is 0 Å². The van der Waals surface area contributed by atoms with Crippen molar-refractivity contribution in [3.05, 3.63) is 17.7 Å². The van der Waals surface area contributed by atoms with Crippen molar-refractivity contribution in [3.8, 4) is 0 Å². The molecule has 1 fully saturated rings. The third-order valence-corrected chi connectivity index (χ3v) is 2.90. The van der Waals surface area contributed by atoms with E-state index < -0.39 is 5.97 Å². The number of imidazole rings is 1. The number of hydrogen-bond donors (Lipinski definition) is 1. The maximum atomic E-state index is 10.5. The zero-order valence-electron chi connectivity index (χ0n) is 9.81. The molecule has 0 atom stereocenters. The number of carboxylic acids is 1. The normalized spacial score (nSPS) is 15.7. The number of aromatic nitrogens is 2. The van der Waals surface area contributed by atoms with Gasteiger partial charge in [0, 0.05) is 24.6 Å². The number of rotatable bonds is 5. The maximum absolute atomic E-state index is 10.5. The molecular formula is C12H18N2O2. The summed E-state index contributed by atoms with van der Waals surface area (Å²) in [7, 11) is 0. The Bertz CT molecular complexity index is 372. The van der Waals surface area contributed by atoms with Gasteiger partial charge < -0.3 is 9.67 Å². The number of aryl methyl sites for hydroxylation is 1. The van der Waals surface area contributed by atoms with Crippen molar-refractivity contribution in [1.29, 1.82) is 0 Å². The van der Waals surface area contributed by atoms with Crippen LogP contribution >= 0.6 is 0 Å². The highest BCUT2D eigenvalue weighted by Gasteiger charge is 2.29. The van der Waals surface area contributed by atoms with Crippen LogP contribution in [0.2, 0.25) is 0 Å². The van der Waals surface area contributed by atoms with Crippen LogP contribution in [0.1, 0.15) is 56.6 Å². The zero-order chi connectivity index (χ0) is 11.7. The summed E-state index contributed by atoms with van der Waals surface area (Å²) in [5.41, 5.74) is 0.915. The highest BCUT2D eigenvalue weighted by molar-refractivity contribution is 5.66. The van der Waals surface area contributed by atoms with Gasteiger partial charge in [0.15, 0.2) is 0 Å². The Morgan fingerprint density at radius 2 is 2.31 bits per heavy atom. The Labute approximate surface area is 95.3 Å². The molecule has 4 nitrogen and oxygen atoms in total. The van der Waals surface area contributed by atoms with Crippen molar-refractivity contribution in [2.45, 2.75) is 51.5 Å². The summed E-state index contributed by atoms with van der Waals surface area (Å²) in [4.78, 5) is 15.1. The average Bonchev–Trinajstić information content (AvgIpc) is 2.95. The van der Waals surface area contributed by atoms with Gasteiger partial charge in [0.05, 0.1) is 12.1 Å². The molecule has 1 aromatic heterocycles. The standard InChI is InChI=1S/C12H18N2O2/c1-8(2)14-7-10(5-6-11(15)16)13-12(14)9-3-4-9/h7-9H,3-6H2,1-2H3,(H,15,16). The molecule has 0 radical (unpaired) electrons. The van der Waals surface area contributed by atoms with E-state index in [4.69, 9.17) is 5.11 Å². The van der Waals surface area contributed by atoms with Gasteiger partial charge in [-0.05, 0) is 26.7 Å². The first-order chi connectivity index (χ1) is 7.58. The maximum Gasteiger partial charge on any atom is 0.303 e. The third kappa shape index (κ3) is 2.43. The number of carbonyl (C=O) groups is 1. The molecule has 0 saturated heterocycles. The van der Waals surface area contributed by atoms with Crippen LogP contribution < -0.4 is 0 Å². The minimum Gasteiger partial charge on any atom is -0.481 e. The third-order valence-electron chi connectivity index (χ3n) is 2.90. The SMILES string of the molecule is CC(C)n1cc(CCC(=O)O)nc1C1CC1. The second-order valence-electron chi connectivity index (χ2n) is 4.76. The van der Waals surface area contributed by atoms with Crippen LogP contribution in [0.4, 0.5) is 0 Å². The van der Waals surface area contributed by atoms with Gasteiger partial charge >= 0.3 is 5.97 Å². The van der Waals surface area contributed by atoms with E-state index in [9.17, 15) is 4.79 Å². The van der Waals surface area contributed by atoms with Crippen LogP contribution in [0.15, 0.2) is 6.20 Å². The van der Waals surface area contributed by atoms with E-state index in [1.807, 2.05) is 6.20 Å². The number of nitrogens with zero attached hydrogens (tertiary/aromatic N) is 2. The lowest BCUT2D eigenvalue weighted by molar-refractivity contribution is -0.136. The van der Waals surface area contributed by atoms with E-state index in [0.29, 0.717) is 18.4 Å². The average molecular weight is 222 g/mol. The fourth-order valence-electron chi connectivity index (χ4n) is 1.87. The molecular weight excluding hydrogens is 204 g/mol. The minimum atomic E-state index is -0.757. The van der Waals surface area contributed by atoms with Crippen molar-refractivity contribution >= 4 is 5.97 Å². The topological polar surface area (TPSA) is 55.1 Å². The molecule has 4 heteroatoms. The molecule has 0 unspecified atom stereocenters. The Hall–Kier alpha value is -1.32. The van der Waals surface area contributed by atoms with E-state index in [1.165, 1.54) is 12.8 Å². The van der Waals surface area contributed by atoms with Crippen LogP contribution in [0.5, 0.6) is 0 Å². The smallest absolute Gasteiger partial charge is 0.303 e. The molecule has 1 aliphatic rings. The molecule has 0 amide bonds. The van der Waals surface area contributed by atoms with E-state index in [-0.39, 0.29) is 6.42 Å². The van der Waals surface area contributed by atoms with Gasteiger partial charge in [-0.1, -0.05) is 0 Å². The van der Waals surface area contributed by atoms with Crippen LogP contribution in [-0.2, 0) is 11.2 Å². The van der Waals surface area contributed by atoms with E-state index >= 15 is 0 Å². The van der Waals surface area contributed by atoms with Gasteiger partial charge in [0.25, 0.3) is 0 Å². The predicted octanol–water partition coefficient (Wildman–Crippen LogP) is 2.36. The second kappa shape index (κ2) is 4.28. The molecule has 0 aliphatic heterocycles. The summed E-state index contributed by atoms with van der Waals surface area (Å²) in [5.74, 6) is 1.00. The van der Waals surface area contributed by atoms with Crippen molar-refractivity contribution < 1.29 is 9.90 Å². The Morgan fingerprint density at radius 3 is 2.81 bits per heavy atom. The van der Waals surface area contributed by atoms with Crippen LogP contribution in [0, 0.1) is 0 Å². The van der Waals surface area contributed by atoms with E-state index in [0.717, 1.165) is 11.5 Å². The summed E-state index contributed by atoms with van der Waals surface area (Å²) < 4.78 is 2.19. The molecule has 1 saturated carbocycles. The van der Waals surface area contributed by atoms with Gasteiger partial charge in [-0.25, -0.2) is 4.98 Å². The van der Waals surface area contributed by atoms with Gasteiger partial charge in [-0.3, -0.25) is 4.79 Å². The molecule has 1 aromatic rings. The van der Waals surface area contributed by atoms with Crippen LogP contribution in [0.3, 0.4) is 0 Å². The first kappa shape index (κ1) is 11.2. The molecule has 1 N–H and O–H groups in total. The molecule has 1 aliphatic carbocycles. The number of hydrogen-bond acceptors (Lipinski definition) is 2. The van der Waals surface area contributed by atoms with Gasteiger partial charge in [-0.2, -0.15) is 0 Å². The first-order valence-electron chi connectivity index (χ1n) is 5.87. The molecule has 0 spiro atoms. The Morgan fingerprint density at radius 1 is 1.62 bits per heavy atom. The van der Waals surface area contributed by atoms with Crippen molar-refractivity contribution in [2.24, 2.45) is 0 Å². The van der Waals surface area contributed by atoms with E-state index in [1.54, 1.807) is 0 Å². The molecule has 88 valence electrons. The number of carboxylic acid groups (broad SMARTS) is 1. The summed E-state index contributed by atoms with van der Waals surface area (Å²) in [6.45, 7) is 4.27. The quantitative estimate of drug-likeness (QED) is 0.832. The molecule has 0 aromatic carbocycles. The lowest BCUT2D eigenvalue weighted by atomic mass is 10.2. The van der Waals surface area contributed by atoms with Crippen LogP contribution in [-0.4, -0.2) is 20.6 Å². The molecule has 1 heterocycles. The zero-order valence-corrected chi connectivity index (χ0v) is 9.81. The van der Waals surface area contributed by atoms with Crippen molar-refractivity contribution in [1.82, 2.24) is 9.55 Å². The summed E-state index contributed by atoms with van der Waals surface area (Å²) in [5, 5.41) is 8.65. The highest BCUT2D eigenvalue weighted by atomic mass is 16.4. The van der Waals surface area contributed by atoms with Gasteiger partial charge in [-0.15, -0.1) is 0 Å². The monoisotopic (exact) mass is 222 g/mol. The van der Waals surface area contributed by atoms with Crippen molar-refractivity contribution in [3.63, 3.8) is 0 Å². The summed E-state index contributed by atoms with van der Waals surface area (Å²) >= 11 is 0.